The van der Waals surface area contributed by atoms with Crippen LogP contribution in [0.1, 0.15) is 17.5 Å². The molecule has 5 heteroatoms. The van der Waals surface area contributed by atoms with E-state index in [0.717, 1.165) is 23.2 Å². The minimum Gasteiger partial charge on any atom is -0.489 e. The molecule has 0 unspecified atom stereocenters. The lowest BCUT2D eigenvalue weighted by molar-refractivity contribution is 0.297. The van der Waals surface area contributed by atoms with Crippen molar-refractivity contribution in [1.29, 1.82) is 0 Å². The normalized spacial score (nSPS) is 13.9. The van der Waals surface area contributed by atoms with Crippen molar-refractivity contribution in [3.05, 3.63) is 52.5 Å². The smallest absolute Gasteiger partial charge is 0.179 e. The number of ether oxygens (including phenoxy) is 2. The molecule has 0 spiro atoms. The van der Waals surface area contributed by atoms with Crippen molar-refractivity contribution in [2.24, 2.45) is 5.10 Å². The lowest BCUT2D eigenvalue weighted by Gasteiger charge is -2.10. The van der Waals surface area contributed by atoms with E-state index in [1.807, 2.05) is 43.3 Å². The van der Waals surface area contributed by atoms with Gasteiger partial charge >= 0.3 is 0 Å². The Balaban J connectivity index is 1.78. The Labute approximate surface area is 134 Å². The van der Waals surface area contributed by atoms with Gasteiger partial charge in [-0.15, -0.1) is 0 Å². The molecule has 1 aliphatic rings. The van der Waals surface area contributed by atoms with Gasteiger partial charge in [0.15, 0.2) is 11.5 Å². The van der Waals surface area contributed by atoms with Crippen molar-refractivity contribution in [2.45, 2.75) is 13.3 Å². The maximum absolute atomic E-state index is 6.25. The second-order valence-corrected chi connectivity index (χ2v) is 5.47. The molecule has 22 heavy (non-hydrogen) atoms. The molecule has 0 radical (unpaired) electrons. The number of rotatable bonds is 3. The summed E-state index contributed by atoms with van der Waals surface area (Å²) in [5, 5.41) is 4.79. The first-order valence-corrected chi connectivity index (χ1v) is 7.56. The molecule has 4 nitrogen and oxygen atoms in total. The zero-order chi connectivity index (χ0) is 15.4. The number of anilines is 1. The van der Waals surface area contributed by atoms with Gasteiger partial charge in [0.25, 0.3) is 0 Å². The first-order chi connectivity index (χ1) is 10.7. The molecule has 0 aliphatic carbocycles. The molecule has 0 fully saturated rings. The predicted molar refractivity (Wildman–Crippen MR) is 89.5 cm³/mol. The Morgan fingerprint density at radius 2 is 2.00 bits per heavy atom. The Morgan fingerprint density at radius 1 is 1.18 bits per heavy atom. The van der Waals surface area contributed by atoms with Crippen molar-refractivity contribution >= 4 is 23.5 Å². The third kappa shape index (κ3) is 3.34. The van der Waals surface area contributed by atoms with E-state index in [1.54, 1.807) is 6.21 Å². The van der Waals surface area contributed by atoms with Crippen LogP contribution < -0.4 is 14.9 Å². The lowest BCUT2D eigenvalue weighted by Crippen LogP contribution is -1.97. The van der Waals surface area contributed by atoms with Crippen LogP contribution >= 0.6 is 11.6 Å². The minimum absolute atomic E-state index is 0.539. The van der Waals surface area contributed by atoms with Crippen LogP contribution in [0.5, 0.6) is 11.5 Å². The number of hydrogen-bond donors (Lipinski definition) is 1. The highest BCUT2D eigenvalue weighted by Gasteiger charge is 2.14. The first kappa shape index (κ1) is 14.7. The molecule has 1 N–H and O–H groups in total. The Hall–Kier alpha value is -2.20. The molecule has 0 saturated heterocycles. The maximum Gasteiger partial charge on any atom is 0.179 e. The van der Waals surface area contributed by atoms with Crippen LogP contribution in [0.4, 0.5) is 5.69 Å². The van der Waals surface area contributed by atoms with Gasteiger partial charge in [0.2, 0.25) is 0 Å². The number of hydrazone groups is 1. The van der Waals surface area contributed by atoms with E-state index in [1.165, 1.54) is 0 Å². The van der Waals surface area contributed by atoms with Crippen LogP contribution in [0.15, 0.2) is 41.5 Å². The van der Waals surface area contributed by atoms with Gasteiger partial charge in [0.1, 0.15) is 0 Å². The van der Waals surface area contributed by atoms with Crippen molar-refractivity contribution in [2.75, 3.05) is 18.6 Å². The largest absolute Gasteiger partial charge is 0.489 e. The summed E-state index contributed by atoms with van der Waals surface area (Å²) in [7, 11) is 0. The summed E-state index contributed by atoms with van der Waals surface area (Å²) in [5.41, 5.74) is 5.99. The number of nitrogens with one attached hydrogen (secondary N) is 1. The number of aryl methyl sites for hydroxylation is 1. The van der Waals surface area contributed by atoms with E-state index in [-0.39, 0.29) is 0 Å². The predicted octanol–water partition coefficient (Wildman–Crippen LogP) is 4.26. The maximum atomic E-state index is 6.25. The van der Waals surface area contributed by atoms with E-state index in [2.05, 4.69) is 10.5 Å². The van der Waals surface area contributed by atoms with Gasteiger partial charge in [-0.1, -0.05) is 29.8 Å². The van der Waals surface area contributed by atoms with E-state index >= 15 is 0 Å². The minimum atomic E-state index is 0.539. The molecular formula is C17H17ClN2O2. The van der Waals surface area contributed by atoms with Crippen LogP contribution in [0.2, 0.25) is 5.02 Å². The second-order valence-electron chi connectivity index (χ2n) is 5.07. The van der Waals surface area contributed by atoms with Crippen LogP contribution in [-0.4, -0.2) is 19.4 Å². The average molecular weight is 317 g/mol. The molecule has 2 aromatic carbocycles. The van der Waals surface area contributed by atoms with Crippen molar-refractivity contribution < 1.29 is 9.47 Å². The van der Waals surface area contributed by atoms with Gasteiger partial charge in [-0.25, -0.2) is 0 Å². The monoisotopic (exact) mass is 316 g/mol. The third-order valence-electron chi connectivity index (χ3n) is 3.37. The molecule has 114 valence electrons. The highest BCUT2D eigenvalue weighted by Crippen LogP contribution is 2.37. The fraction of sp³-hybridized carbons (Fsp3) is 0.235. The SMILES string of the molecule is Cc1ccccc1N/N=C\c1cc(Cl)c2c(c1)OCCCO2. The first-order valence-electron chi connectivity index (χ1n) is 7.18. The van der Waals surface area contributed by atoms with Gasteiger partial charge in [-0.05, 0) is 36.2 Å². The fourth-order valence-corrected chi connectivity index (χ4v) is 2.47. The number of para-hydroxylation sites is 1. The topological polar surface area (TPSA) is 42.9 Å². The zero-order valence-corrected chi connectivity index (χ0v) is 13.1. The molecule has 0 bridgehead atoms. The van der Waals surface area contributed by atoms with Crippen LogP contribution in [0.3, 0.4) is 0 Å². The zero-order valence-electron chi connectivity index (χ0n) is 12.3. The van der Waals surface area contributed by atoms with Gasteiger partial charge < -0.3 is 9.47 Å². The molecule has 3 rings (SSSR count). The van der Waals surface area contributed by atoms with Gasteiger partial charge in [0.05, 0.1) is 30.1 Å². The molecule has 1 aliphatic heterocycles. The average Bonchev–Trinajstić information content (AvgIpc) is 2.75. The molecule has 0 amide bonds. The molecule has 2 aromatic rings. The summed E-state index contributed by atoms with van der Waals surface area (Å²) < 4.78 is 11.3. The summed E-state index contributed by atoms with van der Waals surface area (Å²) in [4.78, 5) is 0. The van der Waals surface area contributed by atoms with Gasteiger partial charge in [0, 0.05) is 6.42 Å². The molecule has 0 saturated carbocycles. The number of fused-ring (bicyclic) bond motifs is 1. The van der Waals surface area contributed by atoms with Crippen molar-refractivity contribution in [3.8, 4) is 11.5 Å². The summed E-state index contributed by atoms with van der Waals surface area (Å²) in [6.45, 7) is 3.28. The Kier molecular flexibility index (Phi) is 4.49. The van der Waals surface area contributed by atoms with Crippen LogP contribution in [0.25, 0.3) is 0 Å². The number of nitrogens with zero attached hydrogens (tertiary/aromatic N) is 1. The Morgan fingerprint density at radius 3 is 2.86 bits per heavy atom. The molecule has 0 atom stereocenters. The number of halogens is 1. The van der Waals surface area contributed by atoms with Crippen molar-refractivity contribution in [1.82, 2.24) is 0 Å². The highest BCUT2D eigenvalue weighted by molar-refractivity contribution is 6.32. The van der Waals surface area contributed by atoms with E-state index < -0.39 is 0 Å². The highest BCUT2D eigenvalue weighted by atomic mass is 35.5. The molecular weight excluding hydrogens is 300 g/mol. The lowest BCUT2D eigenvalue weighted by atomic mass is 10.2. The van der Waals surface area contributed by atoms with Crippen LogP contribution in [-0.2, 0) is 0 Å². The molecule has 0 aromatic heterocycles. The standard InChI is InChI=1S/C17H17ClN2O2/c1-12-5-2-3-6-15(12)20-19-11-13-9-14(18)17-16(10-13)21-7-4-8-22-17/h2-3,5-6,9-11,20H,4,7-8H2,1H3/b19-11-. The van der Waals surface area contributed by atoms with Gasteiger partial charge in [-0.3, -0.25) is 5.43 Å². The van der Waals surface area contributed by atoms with Gasteiger partial charge in [-0.2, -0.15) is 5.10 Å². The number of benzene rings is 2. The van der Waals surface area contributed by atoms with Crippen LogP contribution in [0, 0.1) is 6.92 Å². The molecule has 1 heterocycles. The summed E-state index contributed by atoms with van der Waals surface area (Å²) >= 11 is 6.25. The van der Waals surface area contributed by atoms with E-state index in [0.29, 0.717) is 29.7 Å². The number of hydrogen-bond acceptors (Lipinski definition) is 4. The Bertz CT molecular complexity index is 701. The quantitative estimate of drug-likeness (QED) is 0.679. The summed E-state index contributed by atoms with van der Waals surface area (Å²) in [6, 6.07) is 11.7. The van der Waals surface area contributed by atoms with E-state index in [4.69, 9.17) is 21.1 Å². The van der Waals surface area contributed by atoms with Crippen molar-refractivity contribution in [3.63, 3.8) is 0 Å². The summed E-state index contributed by atoms with van der Waals surface area (Å²) in [5.74, 6) is 1.28. The van der Waals surface area contributed by atoms with E-state index in [9.17, 15) is 0 Å². The second kappa shape index (κ2) is 6.71. The fourth-order valence-electron chi connectivity index (χ4n) is 2.20. The summed E-state index contributed by atoms with van der Waals surface area (Å²) in [6.07, 6.45) is 2.57. The third-order valence-corrected chi connectivity index (χ3v) is 3.65.